The molecule has 0 spiro atoms. The van der Waals surface area contributed by atoms with Crippen LogP contribution < -0.4 is 9.47 Å². The molecule has 0 aliphatic rings. The van der Waals surface area contributed by atoms with Crippen molar-refractivity contribution in [1.29, 1.82) is 0 Å². The third-order valence-electron chi connectivity index (χ3n) is 4.48. The number of rotatable bonds is 7. The molecule has 5 nitrogen and oxygen atoms in total. The van der Waals surface area contributed by atoms with Crippen LogP contribution in [0.1, 0.15) is 12.0 Å². The first-order valence-electron chi connectivity index (χ1n) is 8.99. The van der Waals surface area contributed by atoms with Crippen molar-refractivity contribution in [2.75, 3.05) is 19.5 Å². The van der Waals surface area contributed by atoms with E-state index in [0.29, 0.717) is 6.61 Å². The quantitative estimate of drug-likeness (QED) is 0.299. The average molecular weight is 414 g/mol. The van der Waals surface area contributed by atoms with Gasteiger partial charge >= 0.3 is 0 Å². The van der Waals surface area contributed by atoms with Gasteiger partial charge in [0.25, 0.3) is 0 Å². The molecule has 0 saturated heterocycles. The van der Waals surface area contributed by atoms with Crippen LogP contribution in [0.3, 0.4) is 0 Å². The standard InChI is InChI=1S/C21H20ClN3O2S/c1-14-12-20-23-24-21(25(20)19-9-4-15(22)13-18(14)19)28-11-3-10-27-17-7-5-16(26-2)6-8-17/h4-9,12-13H,3,10-11H2,1-2H3. The zero-order chi connectivity index (χ0) is 19.5. The second kappa shape index (κ2) is 8.29. The first-order chi connectivity index (χ1) is 13.7. The van der Waals surface area contributed by atoms with Crippen LogP contribution in [0.2, 0.25) is 5.02 Å². The van der Waals surface area contributed by atoms with Crippen molar-refractivity contribution in [2.24, 2.45) is 0 Å². The summed E-state index contributed by atoms with van der Waals surface area (Å²) >= 11 is 7.85. The minimum absolute atomic E-state index is 0.644. The summed E-state index contributed by atoms with van der Waals surface area (Å²) in [5.41, 5.74) is 3.06. The largest absolute Gasteiger partial charge is 0.497 e. The number of halogens is 1. The van der Waals surface area contributed by atoms with Crippen LogP contribution in [0.25, 0.3) is 16.6 Å². The van der Waals surface area contributed by atoms with E-state index < -0.39 is 0 Å². The van der Waals surface area contributed by atoms with Crippen molar-refractivity contribution in [3.05, 3.63) is 59.1 Å². The first-order valence-corrected chi connectivity index (χ1v) is 10.4. The summed E-state index contributed by atoms with van der Waals surface area (Å²) < 4.78 is 13.0. The van der Waals surface area contributed by atoms with E-state index in [0.717, 1.165) is 56.0 Å². The van der Waals surface area contributed by atoms with Crippen molar-refractivity contribution in [3.63, 3.8) is 0 Å². The molecule has 0 radical (unpaired) electrons. The maximum Gasteiger partial charge on any atom is 0.196 e. The molecule has 0 unspecified atom stereocenters. The van der Waals surface area contributed by atoms with Gasteiger partial charge in [-0.05, 0) is 67.4 Å². The van der Waals surface area contributed by atoms with Crippen LogP contribution in [0, 0.1) is 6.92 Å². The normalized spacial score (nSPS) is 11.2. The Kier molecular flexibility index (Phi) is 5.59. The number of nitrogens with zero attached hydrogens (tertiary/aromatic N) is 3. The van der Waals surface area contributed by atoms with E-state index in [2.05, 4.69) is 21.5 Å². The van der Waals surface area contributed by atoms with E-state index >= 15 is 0 Å². The highest BCUT2D eigenvalue weighted by Gasteiger charge is 2.12. The third-order valence-corrected chi connectivity index (χ3v) is 5.73. The topological polar surface area (TPSA) is 48.7 Å². The van der Waals surface area contributed by atoms with Crippen LogP contribution in [-0.4, -0.2) is 34.1 Å². The molecule has 4 aromatic rings. The lowest BCUT2D eigenvalue weighted by molar-refractivity contribution is 0.318. The van der Waals surface area contributed by atoms with Crippen molar-refractivity contribution < 1.29 is 9.47 Å². The van der Waals surface area contributed by atoms with Gasteiger partial charge in [0.05, 0.1) is 19.2 Å². The molecule has 144 valence electrons. The molecule has 28 heavy (non-hydrogen) atoms. The summed E-state index contributed by atoms with van der Waals surface area (Å²) in [6.45, 7) is 2.71. The lowest BCUT2D eigenvalue weighted by atomic mass is 10.1. The zero-order valence-corrected chi connectivity index (χ0v) is 17.3. The molecule has 0 aliphatic heterocycles. The number of aromatic nitrogens is 3. The van der Waals surface area contributed by atoms with Gasteiger partial charge in [0.15, 0.2) is 10.8 Å². The second-order valence-corrected chi connectivity index (χ2v) is 7.89. The fourth-order valence-electron chi connectivity index (χ4n) is 3.07. The SMILES string of the molecule is COc1ccc(OCCCSc2nnc3cc(C)c4cc(Cl)ccc4n23)cc1. The van der Waals surface area contributed by atoms with Gasteiger partial charge in [0, 0.05) is 16.2 Å². The van der Waals surface area contributed by atoms with Gasteiger partial charge in [-0.3, -0.25) is 4.40 Å². The monoisotopic (exact) mass is 413 g/mol. The van der Waals surface area contributed by atoms with Gasteiger partial charge in [-0.1, -0.05) is 23.4 Å². The van der Waals surface area contributed by atoms with Crippen LogP contribution in [0.15, 0.2) is 53.7 Å². The molecule has 2 heterocycles. The number of pyridine rings is 1. The third kappa shape index (κ3) is 3.88. The maximum absolute atomic E-state index is 6.17. The van der Waals surface area contributed by atoms with Crippen molar-refractivity contribution >= 4 is 39.9 Å². The van der Waals surface area contributed by atoms with Crippen LogP contribution in [-0.2, 0) is 0 Å². The van der Waals surface area contributed by atoms with Crippen LogP contribution >= 0.6 is 23.4 Å². The minimum atomic E-state index is 0.644. The fraction of sp³-hybridized carbons (Fsp3) is 0.238. The highest BCUT2D eigenvalue weighted by atomic mass is 35.5. The Labute approximate surface area is 172 Å². The first kappa shape index (κ1) is 18.9. The summed E-state index contributed by atoms with van der Waals surface area (Å²) in [5, 5.41) is 11.4. The van der Waals surface area contributed by atoms with Gasteiger partial charge in [-0.15, -0.1) is 10.2 Å². The molecule has 0 fully saturated rings. The Morgan fingerprint density at radius 2 is 1.82 bits per heavy atom. The zero-order valence-electron chi connectivity index (χ0n) is 15.7. The number of hydrogen-bond donors (Lipinski definition) is 0. The van der Waals surface area contributed by atoms with Gasteiger partial charge < -0.3 is 9.47 Å². The Morgan fingerprint density at radius 3 is 2.61 bits per heavy atom. The van der Waals surface area contributed by atoms with Gasteiger partial charge in [-0.2, -0.15) is 0 Å². The molecular formula is C21H20ClN3O2S. The number of benzene rings is 2. The highest BCUT2D eigenvalue weighted by molar-refractivity contribution is 7.99. The predicted molar refractivity (Wildman–Crippen MR) is 114 cm³/mol. The fourth-order valence-corrected chi connectivity index (χ4v) is 4.11. The molecule has 7 heteroatoms. The molecule has 2 aromatic carbocycles. The lowest BCUT2D eigenvalue weighted by Crippen LogP contribution is -1.99. The maximum atomic E-state index is 6.17. The summed E-state index contributed by atoms with van der Waals surface area (Å²) in [4.78, 5) is 0. The number of aryl methyl sites for hydroxylation is 1. The van der Waals surface area contributed by atoms with E-state index in [1.807, 2.05) is 48.5 Å². The summed E-state index contributed by atoms with van der Waals surface area (Å²) in [7, 11) is 1.65. The van der Waals surface area contributed by atoms with Gasteiger partial charge in [0.2, 0.25) is 0 Å². The number of hydrogen-bond acceptors (Lipinski definition) is 5. The van der Waals surface area contributed by atoms with E-state index in [4.69, 9.17) is 21.1 Å². The van der Waals surface area contributed by atoms with Crippen molar-refractivity contribution in [3.8, 4) is 11.5 Å². The summed E-state index contributed by atoms with van der Waals surface area (Å²) in [5.74, 6) is 2.56. The predicted octanol–water partition coefficient (Wildman–Crippen LogP) is 5.41. The number of methoxy groups -OCH3 is 1. The average Bonchev–Trinajstić information content (AvgIpc) is 3.11. The molecule has 0 N–H and O–H groups in total. The van der Waals surface area contributed by atoms with E-state index in [9.17, 15) is 0 Å². The number of thioether (sulfide) groups is 1. The van der Waals surface area contributed by atoms with Crippen LogP contribution in [0.4, 0.5) is 0 Å². The Bertz CT molecular complexity index is 1110. The molecule has 4 rings (SSSR count). The number of fused-ring (bicyclic) bond motifs is 3. The highest BCUT2D eigenvalue weighted by Crippen LogP contribution is 2.28. The molecule has 0 atom stereocenters. The van der Waals surface area contributed by atoms with Crippen molar-refractivity contribution in [1.82, 2.24) is 14.6 Å². The Balaban J connectivity index is 1.42. The minimum Gasteiger partial charge on any atom is -0.497 e. The molecule has 0 amide bonds. The molecule has 0 saturated carbocycles. The Hall–Kier alpha value is -2.44. The van der Waals surface area contributed by atoms with Gasteiger partial charge in [0.1, 0.15) is 11.5 Å². The van der Waals surface area contributed by atoms with Gasteiger partial charge in [-0.25, -0.2) is 0 Å². The van der Waals surface area contributed by atoms with E-state index in [1.54, 1.807) is 18.9 Å². The lowest BCUT2D eigenvalue weighted by Gasteiger charge is -2.08. The second-order valence-electron chi connectivity index (χ2n) is 6.39. The van der Waals surface area contributed by atoms with E-state index in [1.165, 1.54) is 0 Å². The molecule has 0 aliphatic carbocycles. The van der Waals surface area contributed by atoms with E-state index in [-0.39, 0.29) is 0 Å². The van der Waals surface area contributed by atoms with Crippen molar-refractivity contribution in [2.45, 2.75) is 18.5 Å². The number of ether oxygens (including phenoxy) is 2. The van der Waals surface area contributed by atoms with Crippen LogP contribution in [0.5, 0.6) is 11.5 Å². The molecule has 0 bridgehead atoms. The summed E-state index contributed by atoms with van der Waals surface area (Å²) in [6, 6.07) is 15.6. The Morgan fingerprint density at radius 1 is 1.04 bits per heavy atom. The smallest absolute Gasteiger partial charge is 0.196 e. The summed E-state index contributed by atoms with van der Waals surface area (Å²) in [6.07, 6.45) is 0.904. The molecular weight excluding hydrogens is 394 g/mol. The molecule has 2 aromatic heterocycles.